The van der Waals surface area contributed by atoms with Gasteiger partial charge in [0, 0.05) is 18.3 Å². The van der Waals surface area contributed by atoms with Crippen molar-refractivity contribution in [2.24, 2.45) is 0 Å². The van der Waals surface area contributed by atoms with Gasteiger partial charge >= 0.3 is 15.6 Å². The second-order valence-corrected chi connectivity index (χ2v) is 4.20. The maximum absolute atomic E-state index is 10.7. The van der Waals surface area contributed by atoms with Gasteiger partial charge in [0.15, 0.2) is 0 Å². The van der Waals surface area contributed by atoms with Crippen LogP contribution in [0.5, 0.6) is 0 Å². The Balaban J connectivity index is 0.000000281. The van der Waals surface area contributed by atoms with Crippen LogP contribution in [0.1, 0.15) is 18.4 Å². The van der Waals surface area contributed by atoms with Gasteiger partial charge in [-0.15, -0.1) is 0 Å². The molecule has 0 aliphatic heterocycles. The highest BCUT2D eigenvalue weighted by atomic mass is 32.2. The van der Waals surface area contributed by atoms with Crippen molar-refractivity contribution in [3.63, 3.8) is 0 Å². The Morgan fingerprint density at radius 1 is 1.50 bits per heavy atom. The van der Waals surface area contributed by atoms with Gasteiger partial charge in [0.1, 0.15) is 5.82 Å². The minimum atomic E-state index is -5.84. The molecular formula is C7H11F3N2O3S. The summed E-state index contributed by atoms with van der Waals surface area (Å²) in [5, 5.41) is 0. The van der Waals surface area contributed by atoms with Crippen molar-refractivity contribution in [1.29, 1.82) is 0 Å². The fourth-order valence-electron chi connectivity index (χ4n) is 0.647. The molecule has 0 atom stereocenters. The van der Waals surface area contributed by atoms with Crippen LogP contribution in [0.3, 0.4) is 0 Å². The number of hydrogen-bond acceptors (Lipinski definition) is 3. The monoisotopic (exact) mass is 260 g/mol. The average Bonchev–Trinajstić information content (AvgIpc) is 2.48. The molecule has 1 rings (SSSR count). The predicted molar refractivity (Wildman–Crippen MR) is 50.3 cm³/mol. The van der Waals surface area contributed by atoms with E-state index in [0.717, 1.165) is 17.9 Å². The lowest BCUT2D eigenvalue weighted by Crippen LogP contribution is -2.21. The molecule has 1 heterocycles. The number of alkyl halides is 3. The number of rotatable bonds is 1. The van der Waals surface area contributed by atoms with Gasteiger partial charge in [0.05, 0.1) is 0 Å². The number of H-pyrrole nitrogens is 1. The maximum Gasteiger partial charge on any atom is 0.522 e. The van der Waals surface area contributed by atoms with E-state index in [-0.39, 0.29) is 0 Å². The summed E-state index contributed by atoms with van der Waals surface area (Å²) in [6, 6.07) is 0. The quantitative estimate of drug-likeness (QED) is 0.594. The van der Waals surface area contributed by atoms with Gasteiger partial charge in [-0.1, -0.05) is 6.92 Å². The van der Waals surface area contributed by atoms with Gasteiger partial charge in [-0.25, -0.2) is 4.98 Å². The third-order valence-corrected chi connectivity index (χ3v) is 1.97. The van der Waals surface area contributed by atoms with Crippen LogP contribution in [-0.2, 0) is 16.5 Å². The third-order valence-electron chi connectivity index (χ3n) is 1.38. The van der Waals surface area contributed by atoms with E-state index in [9.17, 15) is 13.2 Å². The molecule has 0 saturated carbocycles. The largest absolute Gasteiger partial charge is 0.522 e. The number of aromatic nitrogens is 2. The lowest BCUT2D eigenvalue weighted by atomic mass is 10.5. The van der Waals surface area contributed by atoms with Gasteiger partial charge in [-0.3, -0.25) is 4.55 Å². The van der Waals surface area contributed by atoms with Crippen LogP contribution < -0.4 is 0 Å². The number of nitrogens with one attached hydrogen (secondary N) is 1. The Morgan fingerprint density at radius 3 is 2.06 bits per heavy atom. The van der Waals surface area contributed by atoms with Crippen LogP contribution >= 0.6 is 0 Å². The number of hydrogen-bond donors (Lipinski definition) is 2. The topological polar surface area (TPSA) is 83.0 Å². The highest BCUT2D eigenvalue weighted by Crippen LogP contribution is 2.20. The zero-order chi connectivity index (χ0) is 13.0. The Hall–Kier alpha value is -1.09. The zero-order valence-electron chi connectivity index (χ0n) is 8.54. The van der Waals surface area contributed by atoms with E-state index in [1.165, 1.54) is 0 Å². The first-order valence-corrected chi connectivity index (χ1v) is 5.56. The molecule has 0 saturated heterocycles. The first kappa shape index (κ1) is 14.9. The van der Waals surface area contributed by atoms with Crippen LogP contribution in [0.4, 0.5) is 13.2 Å². The first-order valence-electron chi connectivity index (χ1n) is 4.12. The van der Waals surface area contributed by atoms with E-state index in [4.69, 9.17) is 13.0 Å². The van der Waals surface area contributed by atoms with Crippen LogP contribution in [-0.4, -0.2) is 28.4 Å². The number of aromatic amines is 1. The standard InChI is InChI=1S/C6H10N2.CHF3O3S/c1-3-6-7-4-5(2)8-6;2-1(3,4)8(5,6)7/h4H,3H2,1-2H3,(H,7,8);(H,5,6,7). The van der Waals surface area contributed by atoms with Gasteiger partial charge in [-0.05, 0) is 6.92 Å². The van der Waals surface area contributed by atoms with Crippen LogP contribution in [0, 0.1) is 6.92 Å². The molecule has 9 heteroatoms. The number of aryl methyl sites for hydroxylation is 2. The molecular weight excluding hydrogens is 249 g/mol. The normalized spacial score (nSPS) is 11.9. The molecule has 5 nitrogen and oxygen atoms in total. The Labute approximate surface area is 90.5 Å². The molecule has 0 radical (unpaired) electrons. The van der Waals surface area contributed by atoms with Gasteiger partial charge < -0.3 is 4.98 Å². The molecule has 16 heavy (non-hydrogen) atoms. The highest BCUT2D eigenvalue weighted by Gasteiger charge is 2.44. The average molecular weight is 260 g/mol. The van der Waals surface area contributed by atoms with E-state index in [2.05, 4.69) is 16.9 Å². The molecule has 0 aliphatic carbocycles. The predicted octanol–water partition coefficient (Wildman–Crippen LogP) is 1.67. The second-order valence-electron chi connectivity index (χ2n) is 2.79. The Morgan fingerprint density at radius 2 is 1.94 bits per heavy atom. The maximum atomic E-state index is 10.7. The third kappa shape index (κ3) is 5.12. The Bertz CT molecular complexity index is 424. The molecule has 1 aromatic heterocycles. The number of imidazole rings is 1. The van der Waals surface area contributed by atoms with Crippen molar-refractivity contribution in [1.82, 2.24) is 9.97 Å². The van der Waals surface area contributed by atoms with E-state index in [0.29, 0.717) is 0 Å². The summed E-state index contributed by atoms with van der Waals surface area (Å²) in [4.78, 5) is 7.19. The fraction of sp³-hybridized carbons (Fsp3) is 0.571. The van der Waals surface area contributed by atoms with Gasteiger partial charge in [0.25, 0.3) is 0 Å². The molecule has 0 unspecified atom stereocenters. The molecule has 0 amide bonds. The van der Waals surface area contributed by atoms with E-state index in [1.54, 1.807) is 0 Å². The minimum absolute atomic E-state index is 0.994. The van der Waals surface area contributed by atoms with Crippen molar-refractivity contribution in [2.45, 2.75) is 25.8 Å². The van der Waals surface area contributed by atoms with E-state index in [1.807, 2.05) is 13.1 Å². The Kier molecular flexibility index (Phi) is 4.94. The van der Waals surface area contributed by atoms with Crippen molar-refractivity contribution >= 4 is 10.1 Å². The highest BCUT2D eigenvalue weighted by molar-refractivity contribution is 7.86. The summed E-state index contributed by atoms with van der Waals surface area (Å²) < 4.78 is 57.5. The zero-order valence-corrected chi connectivity index (χ0v) is 9.35. The van der Waals surface area contributed by atoms with E-state index < -0.39 is 15.6 Å². The molecule has 0 aromatic carbocycles. The smallest absolute Gasteiger partial charge is 0.346 e. The van der Waals surface area contributed by atoms with Crippen LogP contribution in [0.25, 0.3) is 0 Å². The summed E-state index contributed by atoms with van der Waals surface area (Å²) in [5.41, 5.74) is -4.39. The summed E-state index contributed by atoms with van der Waals surface area (Å²) in [7, 11) is -5.84. The summed E-state index contributed by atoms with van der Waals surface area (Å²) in [6.07, 6.45) is 2.84. The van der Waals surface area contributed by atoms with Crippen molar-refractivity contribution in [3.05, 3.63) is 17.7 Å². The van der Waals surface area contributed by atoms with Gasteiger partial charge in [0.2, 0.25) is 0 Å². The minimum Gasteiger partial charge on any atom is -0.346 e. The second kappa shape index (κ2) is 5.30. The lowest BCUT2D eigenvalue weighted by Gasteiger charge is -1.97. The molecule has 2 N–H and O–H groups in total. The summed E-state index contributed by atoms with van der Waals surface area (Å²) in [5.74, 6) is 1.07. The molecule has 0 spiro atoms. The number of halogens is 3. The number of nitrogens with zero attached hydrogens (tertiary/aromatic N) is 1. The van der Waals surface area contributed by atoms with Crippen LogP contribution in [0.15, 0.2) is 6.20 Å². The molecule has 94 valence electrons. The van der Waals surface area contributed by atoms with Gasteiger partial charge in [-0.2, -0.15) is 21.6 Å². The van der Waals surface area contributed by atoms with Crippen molar-refractivity contribution < 1.29 is 26.1 Å². The molecule has 1 aromatic rings. The van der Waals surface area contributed by atoms with Crippen molar-refractivity contribution in [3.8, 4) is 0 Å². The van der Waals surface area contributed by atoms with E-state index >= 15 is 0 Å². The first-order chi connectivity index (χ1) is 7.08. The summed E-state index contributed by atoms with van der Waals surface area (Å²) in [6.45, 7) is 4.09. The fourth-order valence-corrected chi connectivity index (χ4v) is 0.647. The summed E-state index contributed by atoms with van der Waals surface area (Å²) >= 11 is 0. The molecule has 0 bridgehead atoms. The van der Waals surface area contributed by atoms with Crippen molar-refractivity contribution in [2.75, 3.05) is 0 Å². The van der Waals surface area contributed by atoms with Crippen LogP contribution in [0.2, 0.25) is 0 Å². The molecule has 0 fully saturated rings. The lowest BCUT2D eigenvalue weighted by molar-refractivity contribution is -0.0510. The SMILES string of the molecule is CCc1ncc(C)[nH]1.O=S(=O)(O)C(F)(F)F. The molecule has 0 aliphatic rings.